The molecule has 0 aromatic heterocycles. The third-order valence-corrected chi connectivity index (χ3v) is 2.91. The van der Waals surface area contributed by atoms with Crippen LogP contribution in [0.4, 0.5) is 0 Å². The van der Waals surface area contributed by atoms with Gasteiger partial charge in [-0.05, 0) is 26.8 Å². The Morgan fingerprint density at radius 2 is 2.30 bits per heavy atom. The van der Waals surface area contributed by atoms with E-state index >= 15 is 0 Å². The van der Waals surface area contributed by atoms with Crippen molar-refractivity contribution < 1.29 is 0 Å². The molecule has 2 nitrogen and oxygen atoms in total. The molecular formula is C7H16N2S. The van der Waals surface area contributed by atoms with Crippen LogP contribution >= 0.6 is 12.1 Å². The lowest BCUT2D eigenvalue weighted by atomic mass is 10.1. The lowest BCUT2D eigenvalue weighted by Crippen LogP contribution is -2.33. The Morgan fingerprint density at radius 1 is 1.50 bits per heavy atom. The van der Waals surface area contributed by atoms with E-state index in [-0.39, 0.29) is 0 Å². The summed E-state index contributed by atoms with van der Waals surface area (Å²) in [5, 5.41) is 0. The predicted molar refractivity (Wildman–Crippen MR) is 46.7 cm³/mol. The molecule has 0 bridgehead atoms. The molecule has 1 aliphatic rings. The van der Waals surface area contributed by atoms with E-state index in [1.54, 1.807) is 12.1 Å². The van der Waals surface area contributed by atoms with Crippen molar-refractivity contribution in [2.45, 2.75) is 32.2 Å². The van der Waals surface area contributed by atoms with E-state index in [1.807, 2.05) is 7.05 Å². The van der Waals surface area contributed by atoms with Gasteiger partial charge in [-0.1, -0.05) is 6.42 Å². The van der Waals surface area contributed by atoms with Gasteiger partial charge in [0.15, 0.2) is 0 Å². The van der Waals surface area contributed by atoms with Gasteiger partial charge in [-0.25, -0.2) is 4.31 Å². The molecular weight excluding hydrogens is 144 g/mol. The summed E-state index contributed by atoms with van der Waals surface area (Å²) in [5.41, 5.74) is 0. The van der Waals surface area contributed by atoms with Gasteiger partial charge in [-0.2, -0.15) is 0 Å². The molecule has 1 atom stereocenters. The van der Waals surface area contributed by atoms with Gasteiger partial charge in [-0.3, -0.25) is 4.72 Å². The molecule has 0 amide bonds. The van der Waals surface area contributed by atoms with Gasteiger partial charge in [-0.15, -0.1) is 0 Å². The molecule has 0 spiro atoms. The number of rotatable bonds is 2. The molecule has 0 aromatic carbocycles. The first-order chi connectivity index (χ1) is 4.84. The van der Waals surface area contributed by atoms with Gasteiger partial charge in [0, 0.05) is 24.7 Å². The zero-order valence-corrected chi connectivity index (χ0v) is 7.58. The highest BCUT2D eigenvalue weighted by Crippen LogP contribution is 2.21. The van der Waals surface area contributed by atoms with E-state index in [9.17, 15) is 0 Å². The second-order valence-corrected chi connectivity index (χ2v) is 3.84. The Morgan fingerprint density at radius 3 is 2.90 bits per heavy atom. The van der Waals surface area contributed by atoms with Crippen LogP contribution in [0.3, 0.4) is 0 Å². The summed E-state index contributed by atoms with van der Waals surface area (Å²) < 4.78 is 5.53. The van der Waals surface area contributed by atoms with Crippen molar-refractivity contribution in [1.29, 1.82) is 0 Å². The van der Waals surface area contributed by atoms with Crippen LogP contribution < -0.4 is 4.72 Å². The first kappa shape index (κ1) is 8.37. The van der Waals surface area contributed by atoms with Crippen molar-refractivity contribution in [2.24, 2.45) is 0 Å². The maximum Gasteiger partial charge on any atom is 0.0186 e. The molecule has 1 saturated heterocycles. The zero-order chi connectivity index (χ0) is 7.40. The zero-order valence-electron chi connectivity index (χ0n) is 6.76. The van der Waals surface area contributed by atoms with Crippen LogP contribution in [0.15, 0.2) is 0 Å². The Balaban J connectivity index is 2.25. The van der Waals surface area contributed by atoms with Gasteiger partial charge in [0.1, 0.15) is 0 Å². The molecule has 1 heterocycles. The topological polar surface area (TPSA) is 15.3 Å². The number of nitrogens with one attached hydrogen (secondary N) is 1. The molecule has 10 heavy (non-hydrogen) atoms. The second-order valence-electron chi connectivity index (χ2n) is 2.78. The highest BCUT2D eigenvalue weighted by molar-refractivity contribution is 7.95. The minimum absolute atomic E-state index is 0.756. The molecule has 3 heteroatoms. The number of hydrogen-bond acceptors (Lipinski definition) is 3. The number of hydrogen-bond donors (Lipinski definition) is 1. The highest BCUT2D eigenvalue weighted by atomic mass is 32.2. The maximum atomic E-state index is 3.11. The van der Waals surface area contributed by atoms with Gasteiger partial charge >= 0.3 is 0 Å². The third kappa shape index (κ3) is 2.15. The Bertz CT molecular complexity index is 95.6. The Kier molecular flexibility index (Phi) is 3.52. The maximum absolute atomic E-state index is 3.11. The van der Waals surface area contributed by atoms with Crippen LogP contribution in [0.2, 0.25) is 0 Å². The molecule has 0 radical (unpaired) electrons. The van der Waals surface area contributed by atoms with Crippen molar-refractivity contribution in [3.63, 3.8) is 0 Å². The molecule has 1 aliphatic heterocycles. The number of piperidine rings is 1. The third-order valence-electron chi connectivity index (χ3n) is 1.95. The first-order valence-electron chi connectivity index (χ1n) is 3.95. The van der Waals surface area contributed by atoms with Crippen molar-refractivity contribution >= 4 is 12.1 Å². The molecule has 1 N–H and O–H groups in total. The smallest absolute Gasteiger partial charge is 0.0186 e. The lowest BCUT2D eigenvalue weighted by molar-refractivity contribution is 0.291. The fourth-order valence-corrected chi connectivity index (χ4v) is 2.06. The van der Waals surface area contributed by atoms with Crippen LogP contribution in [0.5, 0.6) is 0 Å². The van der Waals surface area contributed by atoms with Crippen LogP contribution in [-0.2, 0) is 0 Å². The summed E-state index contributed by atoms with van der Waals surface area (Å²) in [6.45, 7) is 3.54. The van der Waals surface area contributed by atoms with E-state index in [4.69, 9.17) is 0 Å². The summed E-state index contributed by atoms with van der Waals surface area (Å²) in [7, 11) is 1.98. The van der Waals surface area contributed by atoms with Gasteiger partial charge in [0.05, 0.1) is 0 Å². The first-order valence-corrected chi connectivity index (χ1v) is 4.72. The van der Waals surface area contributed by atoms with E-state index in [0.29, 0.717) is 0 Å². The summed E-state index contributed by atoms with van der Waals surface area (Å²) in [6.07, 6.45) is 4.12. The summed E-state index contributed by atoms with van der Waals surface area (Å²) >= 11 is 1.74. The molecule has 1 unspecified atom stereocenters. The molecule has 0 aliphatic carbocycles. The van der Waals surface area contributed by atoms with Crippen LogP contribution in [0, 0.1) is 0 Å². The summed E-state index contributed by atoms with van der Waals surface area (Å²) in [4.78, 5) is 0. The van der Waals surface area contributed by atoms with Crippen molar-refractivity contribution in [1.82, 2.24) is 9.03 Å². The largest absolute Gasteiger partial charge is 0.254 e. The Labute approximate surface area is 67.6 Å². The fraction of sp³-hybridized carbons (Fsp3) is 1.00. The van der Waals surface area contributed by atoms with Crippen LogP contribution in [0.25, 0.3) is 0 Å². The molecule has 1 fully saturated rings. The quantitative estimate of drug-likeness (QED) is 0.618. The van der Waals surface area contributed by atoms with E-state index in [1.165, 1.54) is 25.8 Å². The van der Waals surface area contributed by atoms with Gasteiger partial charge in [0.2, 0.25) is 0 Å². The molecule has 60 valence electrons. The van der Waals surface area contributed by atoms with Gasteiger partial charge < -0.3 is 0 Å². The van der Waals surface area contributed by atoms with Crippen LogP contribution in [-0.4, -0.2) is 23.9 Å². The van der Waals surface area contributed by atoms with Crippen molar-refractivity contribution in [3.05, 3.63) is 0 Å². The van der Waals surface area contributed by atoms with Crippen LogP contribution in [0.1, 0.15) is 26.2 Å². The SMILES string of the molecule is CNSN1CCCCC1C. The van der Waals surface area contributed by atoms with Gasteiger partial charge in [0.25, 0.3) is 0 Å². The minimum Gasteiger partial charge on any atom is -0.254 e. The molecule has 0 saturated carbocycles. The fourth-order valence-electron chi connectivity index (χ4n) is 1.32. The van der Waals surface area contributed by atoms with E-state index in [0.717, 1.165) is 6.04 Å². The average Bonchev–Trinajstić information content (AvgIpc) is 1.94. The van der Waals surface area contributed by atoms with E-state index in [2.05, 4.69) is 16.0 Å². The van der Waals surface area contributed by atoms with Crippen molar-refractivity contribution in [3.8, 4) is 0 Å². The monoisotopic (exact) mass is 160 g/mol. The van der Waals surface area contributed by atoms with Crippen molar-refractivity contribution in [2.75, 3.05) is 13.6 Å². The highest BCUT2D eigenvalue weighted by Gasteiger charge is 2.17. The number of nitrogens with zero attached hydrogens (tertiary/aromatic N) is 1. The van der Waals surface area contributed by atoms with E-state index < -0.39 is 0 Å². The normalized spacial score (nSPS) is 28.8. The Hall–Kier alpha value is 0.270. The summed E-state index contributed by atoms with van der Waals surface area (Å²) in [5.74, 6) is 0. The molecule has 0 aromatic rings. The minimum atomic E-state index is 0.756. The molecule has 1 rings (SSSR count). The predicted octanol–water partition coefficient (Wildman–Crippen LogP) is 1.64. The second kappa shape index (κ2) is 4.21. The average molecular weight is 160 g/mol. The lowest BCUT2D eigenvalue weighted by Gasteiger charge is -2.31. The summed E-state index contributed by atoms with van der Waals surface area (Å²) in [6, 6.07) is 0.756. The standard InChI is InChI=1S/C7H16N2S/c1-7-5-3-4-6-9(7)10-8-2/h7-8H,3-6H2,1-2H3.